The Morgan fingerprint density at radius 3 is 2.24 bits per heavy atom. The zero-order chi connectivity index (χ0) is 15.8. The van der Waals surface area contributed by atoms with Crippen molar-refractivity contribution < 1.29 is 35.7 Å². The molecule has 0 radical (unpaired) electrons. The highest BCUT2D eigenvalue weighted by molar-refractivity contribution is 5.85. The van der Waals surface area contributed by atoms with Crippen molar-refractivity contribution >= 4 is 5.78 Å². The van der Waals surface area contributed by atoms with Gasteiger partial charge in [-0.2, -0.15) is 18.2 Å². The highest BCUT2D eigenvalue weighted by Gasteiger charge is 2.39. The average molecular weight is 310 g/mol. The number of Topliss-reactive ketones (excluding diaryl/α,β-unsaturated/α-hetero) is 1. The van der Waals surface area contributed by atoms with E-state index >= 15 is 0 Å². The lowest BCUT2D eigenvalue weighted by atomic mass is 10.2. The topological polar surface area (TPSA) is 56.0 Å². The molecule has 0 saturated heterocycles. The molecule has 2 rings (SSSR count). The zero-order valence-electron chi connectivity index (χ0n) is 9.84. The van der Waals surface area contributed by atoms with E-state index in [9.17, 15) is 31.1 Å². The molecule has 1 aromatic heterocycles. The first kappa shape index (κ1) is 15.0. The minimum atomic E-state index is -5.07. The molecule has 0 aliphatic carbocycles. The number of alkyl halides is 3. The van der Waals surface area contributed by atoms with Crippen LogP contribution >= 0.6 is 0 Å². The maximum atomic E-state index is 13.0. The summed E-state index contributed by atoms with van der Waals surface area (Å²) in [5, 5.41) is 3.17. The van der Waals surface area contributed by atoms with E-state index in [0.717, 1.165) is 0 Å². The molecule has 21 heavy (non-hydrogen) atoms. The highest BCUT2D eigenvalue weighted by Crippen LogP contribution is 2.23. The Balaban J connectivity index is 2.26. The molecule has 0 spiro atoms. The summed E-state index contributed by atoms with van der Waals surface area (Å²) in [7, 11) is 0. The van der Waals surface area contributed by atoms with Gasteiger partial charge in [-0.15, -0.1) is 0 Å². The van der Waals surface area contributed by atoms with Crippen LogP contribution in [0.15, 0.2) is 16.7 Å². The van der Waals surface area contributed by atoms with Gasteiger partial charge in [-0.05, 0) is 12.1 Å². The molecule has 0 saturated carbocycles. The summed E-state index contributed by atoms with van der Waals surface area (Å²) in [4.78, 5) is 14.1. The number of hydrogen-bond acceptors (Lipinski definition) is 4. The normalized spacial score (nSPS) is 11.7. The molecule has 2 aromatic rings. The van der Waals surface area contributed by atoms with E-state index in [1.807, 2.05) is 0 Å². The average Bonchev–Trinajstić information content (AvgIpc) is 2.82. The van der Waals surface area contributed by atoms with Crippen molar-refractivity contribution in [3.63, 3.8) is 0 Å². The lowest BCUT2D eigenvalue weighted by Gasteiger charge is -2.01. The molecule has 112 valence electrons. The number of nitrogens with zero attached hydrogens (tertiary/aromatic N) is 2. The van der Waals surface area contributed by atoms with Gasteiger partial charge < -0.3 is 4.52 Å². The van der Waals surface area contributed by atoms with Crippen LogP contribution < -0.4 is 0 Å². The molecule has 0 aliphatic rings. The monoisotopic (exact) mass is 310 g/mol. The van der Waals surface area contributed by atoms with E-state index in [2.05, 4.69) is 14.7 Å². The van der Waals surface area contributed by atoms with Gasteiger partial charge in [0.05, 0.1) is 6.42 Å². The fourth-order valence-corrected chi connectivity index (χ4v) is 1.37. The van der Waals surface area contributed by atoms with Gasteiger partial charge in [0.2, 0.25) is 17.5 Å². The fourth-order valence-electron chi connectivity index (χ4n) is 1.37. The lowest BCUT2D eigenvalue weighted by molar-refractivity contribution is -0.170. The first-order chi connectivity index (χ1) is 9.68. The Hall–Kier alpha value is -2.39. The molecule has 1 heterocycles. The van der Waals surface area contributed by atoms with Gasteiger partial charge in [0, 0.05) is 5.56 Å². The van der Waals surface area contributed by atoms with Gasteiger partial charge in [0.15, 0.2) is 17.5 Å². The predicted octanol–water partition coefficient (Wildman–Crippen LogP) is 2.83. The van der Waals surface area contributed by atoms with Crippen LogP contribution in [0.3, 0.4) is 0 Å². The minimum absolute atomic E-state index is 0.346. The predicted molar refractivity (Wildman–Crippen MR) is 54.4 cm³/mol. The van der Waals surface area contributed by atoms with Crippen LogP contribution in [0, 0.1) is 17.5 Å². The van der Waals surface area contributed by atoms with Gasteiger partial charge >= 0.3 is 6.18 Å². The van der Waals surface area contributed by atoms with Crippen LogP contribution in [-0.4, -0.2) is 22.1 Å². The lowest BCUT2D eigenvalue weighted by Crippen LogP contribution is -2.24. The van der Waals surface area contributed by atoms with Crippen LogP contribution in [0.5, 0.6) is 0 Å². The van der Waals surface area contributed by atoms with E-state index in [1.54, 1.807) is 0 Å². The van der Waals surface area contributed by atoms with E-state index in [0.29, 0.717) is 12.1 Å². The van der Waals surface area contributed by atoms with Gasteiger partial charge in [0.25, 0.3) is 0 Å². The molecule has 0 atom stereocenters. The number of hydrogen-bond donors (Lipinski definition) is 0. The Labute approximate surface area is 112 Å². The Bertz CT molecular complexity index is 671. The number of ketones is 1. The largest absolute Gasteiger partial charge is 0.450 e. The van der Waals surface area contributed by atoms with Crippen molar-refractivity contribution in [3.05, 3.63) is 35.5 Å². The molecular formula is C11H4F6N2O2. The van der Waals surface area contributed by atoms with Crippen LogP contribution in [0.25, 0.3) is 11.4 Å². The smallest absolute Gasteiger partial charge is 0.338 e. The second-order valence-corrected chi connectivity index (χ2v) is 3.86. The highest BCUT2D eigenvalue weighted by atomic mass is 19.4. The zero-order valence-corrected chi connectivity index (χ0v) is 9.84. The molecule has 1 aromatic carbocycles. The first-order valence-corrected chi connectivity index (χ1v) is 5.26. The molecule has 10 heteroatoms. The number of rotatable bonds is 3. The maximum Gasteiger partial charge on any atom is 0.450 e. The van der Waals surface area contributed by atoms with Crippen molar-refractivity contribution in [2.45, 2.75) is 12.6 Å². The van der Waals surface area contributed by atoms with Crippen molar-refractivity contribution in [2.24, 2.45) is 0 Å². The van der Waals surface area contributed by atoms with Crippen molar-refractivity contribution in [2.75, 3.05) is 0 Å². The van der Waals surface area contributed by atoms with Gasteiger partial charge in [-0.1, -0.05) is 5.16 Å². The number of aromatic nitrogens is 2. The molecule has 0 fully saturated rings. The summed E-state index contributed by atoms with van der Waals surface area (Å²) in [6.45, 7) is 0. The molecule has 4 nitrogen and oxygen atoms in total. The van der Waals surface area contributed by atoms with E-state index < -0.39 is 47.5 Å². The molecular weight excluding hydrogens is 306 g/mol. The van der Waals surface area contributed by atoms with Crippen LogP contribution in [-0.2, 0) is 11.2 Å². The number of halogens is 6. The molecule has 0 bridgehead atoms. The summed E-state index contributed by atoms with van der Waals surface area (Å²) < 4.78 is 79.2. The van der Waals surface area contributed by atoms with E-state index in [1.165, 1.54) is 0 Å². The third kappa shape index (κ3) is 3.20. The Morgan fingerprint density at radius 1 is 1.14 bits per heavy atom. The summed E-state index contributed by atoms with van der Waals surface area (Å²) in [6, 6.07) is 1.08. The van der Waals surface area contributed by atoms with Gasteiger partial charge in [-0.3, -0.25) is 4.79 Å². The molecule has 0 aliphatic heterocycles. The Kier molecular flexibility index (Phi) is 3.71. The minimum Gasteiger partial charge on any atom is -0.338 e. The molecule has 0 N–H and O–H groups in total. The summed E-state index contributed by atoms with van der Waals surface area (Å²) in [5.41, 5.74) is -0.346. The Morgan fingerprint density at radius 2 is 1.71 bits per heavy atom. The standard InChI is InChI=1S/C11H4F6N2O2/c12-5-1-4(2-6(13)9(5)14)10-18-8(21-19-10)3-7(20)11(15,16)17/h1-2H,3H2. The van der Waals surface area contributed by atoms with Crippen molar-refractivity contribution in [1.29, 1.82) is 0 Å². The van der Waals surface area contributed by atoms with Gasteiger partial charge in [-0.25, -0.2) is 13.2 Å². The maximum absolute atomic E-state index is 13.0. The first-order valence-electron chi connectivity index (χ1n) is 5.26. The number of carbonyl (C=O) groups is 1. The number of benzene rings is 1. The van der Waals surface area contributed by atoms with E-state index in [4.69, 9.17) is 0 Å². The van der Waals surface area contributed by atoms with Crippen LogP contribution in [0.4, 0.5) is 26.3 Å². The second-order valence-electron chi connectivity index (χ2n) is 3.86. The van der Waals surface area contributed by atoms with Crippen molar-refractivity contribution in [3.8, 4) is 11.4 Å². The van der Waals surface area contributed by atoms with Crippen molar-refractivity contribution in [1.82, 2.24) is 10.1 Å². The van der Waals surface area contributed by atoms with E-state index in [-0.39, 0.29) is 5.56 Å². The van der Waals surface area contributed by atoms with Crippen LogP contribution in [0.2, 0.25) is 0 Å². The summed E-state index contributed by atoms with van der Waals surface area (Å²) in [5.74, 6) is -8.04. The SMILES string of the molecule is O=C(Cc1nc(-c2cc(F)c(F)c(F)c2)no1)C(F)(F)F. The van der Waals surface area contributed by atoms with Gasteiger partial charge in [0.1, 0.15) is 0 Å². The summed E-state index contributed by atoms with van der Waals surface area (Å²) in [6.07, 6.45) is -6.27. The summed E-state index contributed by atoms with van der Waals surface area (Å²) >= 11 is 0. The molecule has 0 amide bonds. The second kappa shape index (κ2) is 5.19. The third-order valence-corrected chi connectivity index (χ3v) is 2.34. The fraction of sp³-hybridized carbons (Fsp3) is 0.182. The number of carbonyl (C=O) groups excluding carboxylic acids is 1. The van der Waals surface area contributed by atoms with Crippen LogP contribution in [0.1, 0.15) is 5.89 Å². The third-order valence-electron chi connectivity index (χ3n) is 2.34. The quantitative estimate of drug-likeness (QED) is 0.646. The molecule has 0 unspecified atom stereocenters.